The van der Waals surface area contributed by atoms with Crippen molar-refractivity contribution in [2.24, 2.45) is 0 Å². The number of ether oxygens (including phenoxy) is 2. The van der Waals surface area contributed by atoms with Crippen LogP contribution < -0.4 is 9.64 Å². The van der Waals surface area contributed by atoms with Crippen LogP contribution in [-0.2, 0) is 11.3 Å². The van der Waals surface area contributed by atoms with Gasteiger partial charge in [-0.05, 0) is 67.6 Å². The van der Waals surface area contributed by atoms with Crippen LogP contribution in [0, 0.1) is 18.6 Å². The maximum atomic E-state index is 14.2. The van der Waals surface area contributed by atoms with E-state index in [-0.39, 0.29) is 17.7 Å². The third-order valence-corrected chi connectivity index (χ3v) is 6.71. The number of nitrogens with zero attached hydrogens (tertiary/aromatic N) is 2. The zero-order valence-electron chi connectivity index (χ0n) is 20.6. The number of aromatic nitrogens is 1. The number of benzene rings is 3. The van der Waals surface area contributed by atoms with Gasteiger partial charge in [0.05, 0.1) is 24.5 Å². The normalized spacial score (nSPS) is 13.5. The van der Waals surface area contributed by atoms with Gasteiger partial charge in [0.25, 0.3) is 0 Å². The molecule has 0 saturated carbocycles. The first-order chi connectivity index (χ1) is 18.3. The monoisotopic (exact) mass is 538 g/mol. The number of aromatic carboxylic acids is 1. The minimum absolute atomic E-state index is 0.115. The summed E-state index contributed by atoms with van der Waals surface area (Å²) in [6.07, 6.45) is 0. The van der Waals surface area contributed by atoms with Gasteiger partial charge in [0, 0.05) is 52.4 Å². The van der Waals surface area contributed by atoms with Gasteiger partial charge in [-0.2, -0.15) is 0 Å². The molecule has 0 spiro atoms. The van der Waals surface area contributed by atoms with Crippen molar-refractivity contribution in [1.82, 2.24) is 4.57 Å². The number of anilines is 1. The van der Waals surface area contributed by atoms with Crippen LogP contribution in [0.25, 0.3) is 16.9 Å². The van der Waals surface area contributed by atoms with Crippen molar-refractivity contribution in [1.29, 1.82) is 0 Å². The number of carbonyl (C=O) groups is 1. The second-order valence-electron chi connectivity index (χ2n) is 9.00. The fraction of sp³-hybridized carbons (Fsp3) is 0.207. The Kier molecular flexibility index (Phi) is 7.35. The molecule has 0 atom stereocenters. The van der Waals surface area contributed by atoms with Gasteiger partial charge in [0.15, 0.2) is 0 Å². The molecule has 4 aromatic rings. The number of morpholine rings is 1. The zero-order chi connectivity index (χ0) is 26.8. The summed E-state index contributed by atoms with van der Waals surface area (Å²) in [6, 6.07) is 17.5. The van der Waals surface area contributed by atoms with Crippen molar-refractivity contribution in [2.75, 3.05) is 31.2 Å². The SMILES string of the molecule is Cc1ccc(-c2cc(Cl)ccc2OCc2ccc(F)cc2F)n1-c1cc(C(=O)O)cc(N2CCOCC2)c1. The number of rotatable bonds is 7. The predicted octanol–water partition coefficient (Wildman–Crippen LogP) is 6.50. The molecule has 1 aliphatic heterocycles. The molecule has 1 fully saturated rings. The standard InChI is InChI=1S/C29H25ClF2N2O4/c1-18-2-6-27(25-14-21(30)4-7-28(25)38-17-19-3-5-22(31)15-26(19)32)34(18)24-13-20(29(35)36)12-23(16-24)33-8-10-37-11-9-33/h2-7,12-16H,8-11,17H2,1H3,(H,35,36). The van der Waals surface area contributed by atoms with E-state index in [0.717, 1.165) is 23.1 Å². The van der Waals surface area contributed by atoms with E-state index in [1.807, 2.05) is 29.7 Å². The van der Waals surface area contributed by atoms with Gasteiger partial charge in [-0.25, -0.2) is 13.6 Å². The van der Waals surface area contributed by atoms with Crippen LogP contribution in [-0.4, -0.2) is 41.9 Å². The fourth-order valence-electron chi connectivity index (χ4n) is 4.57. The molecule has 9 heteroatoms. The lowest BCUT2D eigenvalue weighted by molar-refractivity contribution is 0.0697. The van der Waals surface area contributed by atoms with Crippen LogP contribution in [0.15, 0.2) is 66.7 Å². The van der Waals surface area contributed by atoms with Crippen LogP contribution in [0.3, 0.4) is 0 Å². The quantitative estimate of drug-likeness (QED) is 0.291. The average molecular weight is 539 g/mol. The fourth-order valence-corrected chi connectivity index (χ4v) is 4.74. The number of hydrogen-bond donors (Lipinski definition) is 1. The molecule has 1 aliphatic rings. The Morgan fingerprint density at radius 1 is 1.00 bits per heavy atom. The first kappa shape index (κ1) is 25.8. The highest BCUT2D eigenvalue weighted by Gasteiger charge is 2.20. The maximum absolute atomic E-state index is 14.2. The lowest BCUT2D eigenvalue weighted by atomic mass is 10.1. The van der Waals surface area contributed by atoms with Crippen molar-refractivity contribution in [2.45, 2.75) is 13.5 Å². The van der Waals surface area contributed by atoms with E-state index in [9.17, 15) is 18.7 Å². The summed E-state index contributed by atoms with van der Waals surface area (Å²) < 4.78 is 40.9. The Morgan fingerprint density at radius 3 is 2.50 bits per heavy atom. The van der Waals surface area contributed by atoms with E-state index in [4.69, 9.17) is 21.1 Å². The van der Waals surface area contributed by atoms with E-state index < -0.39 is 17.6 Å². The smallest absolute Gasteiger partial charge is 0.335 e. The van der Waals surface area contributed by atoms with Gasteiger partial charge in [0.2, 0.25) is 0 Å². The molecule has 0 aliphatic carbocycles. The molecule has 1 saturated heterocycles. The molecule has 0 amide bonds. The third kappa shape index (κ3) is 5.37. The Morgan fingerprint density at radius 2 is 1.76 bits per heavy atom. The van der Waals surface area contributed by atoms with Crippen molar-refractivity contribution in [3.05, 3.63) is 100 Å². The second-order valence-corrected chi connectivity index (χ2v) is 9.44. The molecular weight excluding hydrogens is 514 g/mol. The summed E-state index contributed by atoms with van der Waals surface area (Å²) in [5.41, 5.74) is 4.05. The Hall–Kier alpha value is -3.88. The molecule has 1 N–H and O–H groups in total. The van der Waals surface area contributed by atoms with Crippen LogP contribution in [0.4, 0.5) is 14.5 Å². The lowest BCUT2D eigenvalue weighted by Crippen LogP contribution is -2.36. The third-order valence-electron chi connectivity index (χ3n) is 6.48. The van der Waals surface area contributed by atoms with E-state index in [0.29, 0.717) is 48.3 Å². The number of hydrogen-bond acceptors (Lipinski definition) is 4. The highest BCUT2D eigenvalue weighted by atomic mass is 35.5. The van der Waals surface area contributed by atoms with Gasteiger partial charge in [0.1, 0.15) is 24.0 Å². The molecule has 0 bridgehead atoms. The van der Waals surface area contributed by atoms with E-state index >= 15 is 0 Å². The Labute approximate surface area is 223 Å². The number of carboxylic acid groups (broad SMARTS) is 1. The molecular formula is C29H25ClF2N2O4. The van der Waals surface area contributed by atoms with Crippen molar-refractivity contribution >= 4 is 23.3 Å². The lowest BCUT2D eigenvalue weighted by Gasteiger charge is -2.29. The summed E-state index contributed by atoms with van der Waals surface area (Å²) in [5.74, 6) is -1.94. The largest absolute Gasteiger partial charge is 0.488 e. The topological polar surface area (TPSA) is 63.9 Å². The number of halogens is 3. The molecule has 196 valence electrons. The van der Waals surface area contributed by atoms with Crippen LogP contribution in [0.1, 0.15) is 21.6 Å². The molecule has 1 aromatic heterocycles. The molecule has 2 heterocycles. The van der Waals surface area contributed by atoms with Crippen LogP contribution in [0.5, 0.6) is 5.75 Å². The molecule has 0 unspecified atom stereocenters. The molecule has 0 radical (unpaired) electrons. The van der Waals surface area contributed by atoms with Gasteiger partial charge in [-0.1, -0.05) is 11.6 Å². The van der Waals surface area contributed by atoms with Crippen molar-refractivity contribution in [3.63, 3.8) is 0 Å². The van der Waals surface area contributed by atoms with Crippen LogP contribution in [0.2, 0.25) is 5.02 Å². The highest BCUT2D eigenvalue weighted by Crippen LogP contribution is 2.37. The molecule has 38 heavy (non-hydrogen) atoms. The first-order valence-corrected chi connectivity index (χ1v) is 12.4. The van der Waals surface area contributed by atoms with Gasteiger partial charge >= 0.3 is 5.97 Å². The van der Waals surface area contributed by atoms with E-state index in [1.54, 1.807) is 30.3 Å². The Balaban J connectivity index is 1.57. The van der Waals surface area contributed by atoms with Crippen molar-refractivity contribution < 1.29 is 28.2 Å². The summed E-state index contributed by atoms with van der Waals surface area (Å²) in [6.45, 7) is 4.26. The summed E-state index contributed by atoms with van der Waals surface area (Å²) in [5, 5.41) is 10.3. The summed E-state index contributed by atoms with van der Waals surface area (Å²) in [7, 11) is 0. The molecule has 5 rings (SSSR count). The minimum atomic E-state index is -1.03. The van der Waals surface area contributed by atoms with E-state index in [1.165, 1.54) is 12.1 Å². The van der Waals surface area contributed by atoms with Gasteiger partial charge in [-0.3, -0.25) is 0 Å². The molecule has 6 nitrogen and oxygen atoms in total. The molecule has 3 aromatic carbocycles. The number of carboxylic acids is 1. The number of aryl methyl sites for hydroxylation is 1. The second kappa shape index (κ2) is 10.8. The first-order valence-electron chi connectivity index (χ1n) is 12.1. The zero-order valence-corrected chi connectivity index (χ0v) is 21.3. The Bertz CT molecular complexity index is 1500. The maximum Gasteiger partial charge on any atom is 0.335 e. The van der Waals surface area contributed by atoms with Crippen LogP contribution >= 0.6 is 11.6 Å². The van der Waals surface area contributed by atoms with E-state index in [2.05, 4.69) is 4.90 Å². The van der Waals surface area contributed by atoms with Gasteiger partial charge in [-0.15, -0.1) is 0 Å². The minimum Gasteiger partial charge on any atom is -0.488 e. The van der Waals surface area contributed by atoms with Gasteiger partial charge < -0.3 is 24.0 Å². The average Bonchev–Trinajstić information content (AvgIpc) is 3.30. The van der Waals surface area contributed by atoms with Crippen molar-refractivity contribution in [3.8, 4) is 22.7 Å². The predicted molar refractivity (Wildman–Crippen MR) is 142 cm³/mol. The highest BCUT2D eigenvalue weighted by molar-refractivity contribution is 6.31. The summed E-state index contributed by atoms with van der Waals surface area (Å²) >= 11 is 6.36. The summed E-state index contributed by atoms with van der Waals surface area (Å²) in [4.78, 5) is 14.1.